The van der Waals surface area contributed by atoms with Crippen molar-refractivity contribution in [1.82, 2.24) is 4.57 Å². The van der Waals surface area contributed by atoms with Crippen LogP contribution >= 0.6 is 34.4 Å². The summed E-state index contributed by atoms with van der Waals surface area (Å²) in [5.74, 6) is 0.932. The molecule has 1 aliphatic heterocycles. The smallest absolute Gasteiger partial charge is 0.269 e. The van der Waals surface area contributed by atoms with Gasteiger partial charge in [0.2, 0.25) is 5.69 Å². The quantitative estimate of drug-likeness (QED) is 0.143. The lowest BCUT2D eigenvalue weighted by atomic mass is 10.1. The summed E-state index contributed by atoms with van der Waals surface area (Å²) in [5, 5.41) is 2.26. The molecule has 0 radical (unpaired) electrons. The lowest BCUT2D eigenvalue weighted by Gasteiger charge is -2.20. The zero-order valence-corrected chi connectivity index (χ0v) is 29.5. The van der Waals surface area contributed by atoms with Gasteiger partial charge in [0.15, 0.2) is 0 Å². The topological polar surface area (TPSA) is 38.4 Å². The molecule has 0 unspecified atom stereocenters. The van der Waals surface area contributed by atoms with Gasteiger partial charge in [-0.1, -0.05) is 78.6 Å². The highest BCUT2D eigenvalue weighted by molar-refractivity contribution is 8.03. The maximum atomic E-state index is 13.7. The Labute approximate surface area is 283 Å². The molecular formula is C38H40N3O2S3+. The number of ether oxygens (including phenoxy) is 1. The van der Waals surface area contributed by atoms with Crippen molar-refractivity contribution < 1.29 is 9.30 Å². The molecule has 1 aliphatic rings. The van der Waals surface area contributed by atoms with Crippen molar-refractivity contribution in [3.05, 3.63) is 114 Å². The van der Waals surface area contributed by atoms with Gasteiger partial charge in [0.05, 0.1) is 27.9 Å². The zero-order chi connectivity index (χ0) is 32.2. The molecule has 3 aromatic carbocycles. The first-order valence-corrected chi connectivity index (χ1v) is 18.5. The van der Waals surface area contributed by atoms with Crippen molar-refractivity contribution in [3.8, 4) is 27.4 Å². The summed E-state index contributed by atoms with van der Waals surface area (Å²) in [4.78, 5) is 18.5. The van der Waals surface area contributed by atoms with E-state index in [2.05, 4.69) is 115 Å². The van der Waals surface area contributed by atoms with Gasteiger partial charge in [-0.05, 0) is 75.6 Å². The van der Waals surface area contributed by atoms with E-state index in [-0.39, 0.29) is 5.56 Å². The number of benzene rings is 3. The number of aromatic nitrogens is 2. The van der Waals surface area contributed by atoms with Crippen LogP contribution in [0.2, 0.25) is 0 Å². The molecule has 0 bridgehead atoms. The highest BCUT2D eigenvalue weighted by Crippen LogP contribution is 2.48. The van der Waals surface area contributed by atoms with Gasteiger partial charge in [-0.2, -0.15) is 4.57 Å². The Hall–Kier alpha value is -3.85. The van der Waals surface area contributed by atoms with Gasteiger partial charge in [0.25, 0.3) is 10.6 Å². The largest absolute Gasteiger partial charge is 0.494 e. The Kier molecular flexibility index (Phi) is 9.97. The molecular weight excluding hydrogens is 627 g/mol. The molecule has 0 N–H and O–H groups in total. The van der Waals surface area contributed by atoms with Crippen molar-refractivity contribution in [2.24, 2.45) is 0 Å². The van der Waals surface area contributed by atoms with Crippen LogP contribution in [0.15, 0.2) is 93.6 Å². The third kappa shape index (κ3) is 6.26. The average Bonchev–Trinajstić information content (AvgIpc) is 3.71. The highest BCUT2D eigenvalue weighted by atomic mass is 32.2. The standard InChI is InChI=1S/C38H40N3O2S3/c1-6-22-41-29-24-30(43-9-4)26(5)23-32(29)45-33(41)21-20-31-38(42)40(8-3)35(44-31)25-34-39(7-2)36(27-16-12-10-13-17-27)37(46-34)28-18-14-11-15-19-28/h10-21,23-25H,6-9,22H2,1-5H3/q+1/b31-20+,33-21-. The summed E-state index contributed by atoms with van der Waals surface area (Å²) < 4.78 is 11.9. The number of thiazole rings is 2. The van der Waals surface area contributed by atoms with Crippen molar-refractivity contribution in [2.45, 2.75) is 59.0 Å². The van der Waals surface area contributed by atoms with Crippen LogP contribution in [0, 0.1) is 6.92 Å². The Morgan fingerprint density at radius 2 is 1.61 bits per heavy atom. The van der Waals surface area contributed by atoms with Crippen LogP contribution in [0.3, 0.4) is 0 Å². The first-order chi connectivity index (χ1) is 22.5. The first kappa shape index (κ1) is 32.1. The second-order valence-electron chi connectivity index (χ2n) is 11.0. The van der Waals surface area contributed by atoms with Crippen molar-refractivity contribution in [2.75, 3.05) is 18.1 Å². The van der Waals surface area contributed by atoms with Gasteiger partial charge in [-0.3, -0.25) is 9.36 Å². The molecule has 5 aromatic rings. The number of fused-ring (bicyclic) bond motifs is 1. The van der Waals surface area contributed by atoms with Gasteiger partial charge in [-0.15, -0.1) is 11.3 Å². The molecule has 3 heterocycles. The number of hydrogen-bond donors (Lipinski definition) is 0. The molecule has 5 nitrogen and oxygen atoms in total. The number of anilines is 1. The van der Waals surface area contributed by atoms with E-state index in [0.29, 0.717) is 13.2 Å². The summed E-state index contributed by atoms with van der Waals surface area (Å²) in [7, 11) is 0. The van der Waals surface area contributed by atoms with E-state index in [9.17, 15) is 4.79 Å². The van der Waals surface area contributed by atoms with Gasteiger partial charge in [-0.25, -0.2) is 0 Å². The predicted molar refractivity (Wildman–Crippen MR) is 197 cm³/mol. The number of aryl methyl sites for hydroxylation is 1. The molecule has 8 heteroatoms. The first-order valence-electron chi connectivity index (χ1n) is 16.0. The van der Waals surface area contributed by atoms with Crippen LogP contribution in [-0.2, 0) is 13.1 Å². The third-order valence-electron chi connectivity index (χ3n) is 8.01. The second kappa shape index (κ2) is 14.3. The molecule has 6 rings (SSSR count). The molecule has 0 fully saturated rings. The van der Waals surface area contributed by atoms with Crippen LogP contribution in [-0.4, -0.2) is 17.7 Å². The van der Waals surface area contributed by atoms with Crippen LogP contribution < -0.4 is 29.0 Å². The fourth-order valence-electron chi connectivity index (χ4n) is 5.86. The van der Waals surface area contributed by atoms with E-state index in [1.165, 1.54) is 32.3 Å². The number of rotatable bonds is 10. The molecule has 0 atom stereocenters. The minimum atomic E-state index is 0.0544. The molecule has 0 amide bonds. The summed E-state index contributed by atoms with van der Waals surface area (Å²) >= 11 is 5.11. The maximum Gasteiger partial charge on any atom is 0.269 e. The van der Waals surface area contributed by atoms with Gasteiger partial charge in [0.1, 0.15) is 21.8 Å². The van der Waals surface area contributed by atoms with Crippen molar-refractivity contribution in [1.29, 1.82) is 0 Å². The summed E-state index contributed by atoms with van der Waals surface area (Å²) in [6.45, 7) is 13.5. The molecule has 236 valence electrons. The average molecular weight is 667 g/mol. The number of allylic oxidation sites excluding steroid dienone is 1. The molecule has 0 spiro atoms. The monoisotopic (exact) mass is 666 g/mol. The minimum Gasteiger partial charge on any atom is -0.494 e. The fraction of sp³-hybridized carbons (Fsp3) is 0.263. The number of nitrogens with zero attached hydrogens (tertiary/aromatic N) is 3. The van der Waals surface area contributed by atoms with Gasteiger partial charge >= 0.3 is 0 Å². The number of hydrogen-bond acceptors (Lipinski definition) is 6. The second-order valence-corrected chi connectivity index (χ2v) is 14.2. The van der Waals surface area contributed by atoms with Gasteiger partial charge < -0.3 is 9.64 Å². The summed E-state index contributed by atoms with van der Waals surface area (Å²) in [6, 6.07) is 25.6. The van der Waals surface area contributed by atoms with Crippen molar-refractivity contribution in [3.63, 3.8) is 0 Å². The Morgan fingerprint density at radius 3 is 2.26 bits per heavy atom. The van der Waals surface area contributed by atoms with E-state index in [1.54, 1.807) is 34.4 Å². The molecule has 2 aromatic heterocycles. The number of thioether (sulfide) groups is 1. The normalized spacial score (nSPS) is 14.5. The molecule has 0 saturated heterocycles. The molecule has 0 aliphatic carbocycles. The van der Waals surface area contributed by atoms with E-state index < -0.39 is 0 Å². The Bertz CT molecular complexity index is 2060. The molecule has 46 heavy (non-hydrogen) atoms. The van der Waals surface area contributed by atoms with E-state index in [0.717, 1.165) is 50.1 Å². The van der Waals surface area contributed by atoms with Crippen LogP contribution in [0.4, 0.5) is 5.69 Å². The van der Waals surface area contributed by atoms with E-state index in [4.69, 9.17) is 4.74 Å². The van der Waals surface area contributed by atoms with E-state index in [1.807, 2.05) is 24.5 Å². The summed E-state index contributed by atoms with van der Waals surface area (Å²) in [6.07, 6.45) is 7.35. The third-order valence-corrected chi connectivity index (χ3v) is 11.4. The SMILES string of the molecule is CCCN1/C(=C/C=c2/sc(=Cc3sc(-c4ccccc4)c(-c4ccccc4)[n+]3CC)n(CC)c2=O)Sc2cc(C)c(OCC)cc21. The van der Waals surface area contributed by atoms with Crippen LogP contribution in [0.1, 0.15) is 44.7 Å². The highest BCUT2D eigenvalue weighted by Gasteiger charge is 2.28. The fourth-order valence-corrected chi connectivity index (χ4v) is 9.44. The summed E-state index contributed by atoms with van der Waals surface area (Å²) in [5.41, 5.74) is 5.97. The van der Waals surface area contributed by atoms with Crippen LogP contribution in [0.5, 0.6) is 5.75 Å². The van der Waals surface area contributed by atoms with E-state index >= 15 is 0 Å². The predicted octanol–water partition coefficient (Wildman–Crippen LogP) is 7.81. The zero-order valence-electron chi connectivity index (χ0n) is 27.1. The maximum absolute atomic E-state index is 13.7. The van der Waals surface area contributed by atoms with Gasteiger partial charge in [0, 0.05) is 29.6 Å². The lowest BCUT2D eigenvalue weighted by Crippen LogP contribution is -2.36. The van der Waals surface area contributed by atoms with Crippen molar-refractivity contribution >= 4 is 52.3 Å². The minimum absolute atomic E-state index is 0.0544. The van der Waals surface area contributed by atoms with Crippen LogP contribution in [0.25, 0.3) is 33.9 Å². The molecule has 0 saturated carbocycles. The lowest BCUT2D eigenvalue weighted by molar-refractivity contribution is -0.679. The Balaban J connectivity index is 1.46. The Morgan fingerprint density at radius 1 is 0.891 bits per heavy atom.